The number of carbonyl (C=O) groups excluding carboxylic acids is 2. The summed E-state index contributed by atoms with van der Waals surface area (Å²) in [6.45, 7) is 0. The van der Waals surface area contributed by atoms with Gasteiger partial charge in [-0.2, -0.15) is 0 Å². The van der Waals surface area contributed by atoms with Crippen LogP contribution in [0.4, 0.5) is 5.69 Å². The second-order valence-electron chi connectivity index (χ2n) is 4.90. The monoisotopic (exact) mass is 341 g/mol. The minimum absolute atomic E-state index is 0.140. The van der Waals surface area contributed by atoms with Crippen LogP contribution in [0.3, 0.4) is 0 Å². The van der Waals surface area contributed by atoms with Gasteiger partial charge in [-0.1, -0.05) is 42.5 Å². The number of rotatable bonds is 6. The number of carbonyl (C=O) groups is 2. The van der Waals surface area contributed by atoms with Gasteiger partial charge in [0.25, 0.3) is 5.69 Å². The average molecular weight is 341 g/mol. The lowest BCUT2D eigenvalue weighted by Gasteiger charge is -2.14. The molecule has 0 aliphatic heterocycles. The van der Waals surface area contributed by atoms with Gasteiger partial charge >= 0.3 is 11.9 Å². The molecule has 1 atom stereocenters. The maximum Gasteiger partial charge on any atom is 0.351 e. The Bertz CT molecular complexity index is 800. The number of hydrogen-bond acceptors (Lipinski definition) is 6. The largest absolute Gasteiger partial charge is 0.466 e. The van der Waals surface area contributed by atoms with Crippen LogP contribution in [0.2, 0.25) is 0 Å². The first kappa shape index (κ1) is 17.9. The van der Waals surface area contributed by atoms with Crippen LogP contribution in [0.25, 0.3) is 6.08 Å². The highest BCUT2D eigenvalue weighted by Gasteiger charge is 2.25. The van der Waals surface area contributed by atoms with Gasteiger partial charge in [-0.05, 0) is 12.1 Å². The highest BCUT2D eigenvalue weighted by Crippen LogP contribution is 2.21. The molecule has 2 rings (SSSR count). The van der Waals surface area contributed by atoms with Crippen LogP contribution in [0.5, 0.6) is 0 Å². The molecule has 0 saturated carbocycles. The van der Waals surface area contributed by atoms with E-state index in [2.05, 4.69) is 4.74 Å². The number of hydrogen-bond donors (Lipinski definition) is 0. The number of benzene rings is 2. The highest BCUT2D eigenvalue weighted by atomic mass is 16.6. The fourth-order valence-corrected chi connectivity index (χ4v) is 2.10. The number of esters is 2. The number of ether oxygens (including phenoxy) is 2. The molecule has 0 aliphatic carbocycles. The molecule has 0 aliphatic rings. The lowest BCUT2D eigenvalue weighted by atomic mass is 10.1. The van der Waals surface area contributed by atoms with Crippen molar-refractivity contribution >= 4 is 23.7 Å². The fourth-order valence-electron chi connectivity index (χ4n) is 2.10. The van der Waals surface area contributed by atoms with Crippen molar-refractivity contribution < 1.29 is 24.0 Å². The summed E-state index contributed by atoms with van der Waals surface area (Å²) in [5, 5.41) is 11.0. The van der Waals surface area contributed by atoms with Crippen LogP contribution >= 0.6 is 0 Å². The molecule has 1 unspecified atom stereocenters. The minimum atomic E-state index is -1.21. The van der Waals surface area contributed by atoms with E-state index >= 15 is 0 Å². The van der Waals surface area contributed by atoms with Gasteiger partial charge < -0.3 is 9.47 Å². The summed E-state index contributed by atoms with van der Waals surface area (Å²) in [5.41, 5.74) is 0.569. The van der Waals surface area contributed by atoms with Crippen molar-refractivity contribution in [1.82, 2.24) is 0 Å². The van der Waals surface area contributed by atoms with E-state index in [1.165, 1.54) is 31.4 Å². The molecular weight excluding hydrogens is 326 g/mol. The molecule has 0 N–H and O–H groups in total. The van der Waals surface area contributed by atoms with Gasteiger partial charge in [0.2, 0.25) is 6.10 Å². The predicted octanol–water partition coefficient (Wildman–Crippen LogP) is 3.07. The van der Waals surface area contributed by atoms with Crippen LogP contribution in [0.1, 0.15) is 17.2 Å². The summed E-state index contributed by atoms with van der Waals surface area (Å²) in [6, 6.07) is 14.4. The summed E-state index contributed by atoms with van der Waals surface area (Å²) >= 11 is 0. The molecule has 2 aromatic rings. The van der Waals surface area contributed by atoms with E-state index in [-0.39, 0.29) is 11.3 Å². The van der Waals surface area contributed by atoms with E-state index < -0.39 is 23.0 Å². The van der Waals surface area contributed by atoms with Crippen molar-refractivity contribution in [3.63, 3.8) is 0 Å². The maximum absolute atomic E-state index is 12.0. The normalized spacial score (nSPS) is 11.7. The number of methoxy groups -OCH3 is 1. The van der Waals surface area contributed by atoms with E-state index in [0.29, 0.717) is 5.56 Å². The summed E-state index contributed by atoms with van der Waals surface area (Å²) in [6.07, 6.45) is 1.08. The van der Waals surface area contributed by atoms with Gasteiger partial charge in [-0.15, -0.1) is 0 Å². The van der Waals surface area contributed by atoms with Gasteiger partial charge in [0, 0.05) is 17.7 Å². The summed E-state index contributed by atoms with van der Waals surface area (Å²) < 4.78 is 9.79. The van der Waals surface area contributed by atoms with Crippen molar-refractivity contribution in [3.05, 3.63) is 81.9 Å². The molecule has 0 spiro atoms. The topological polar surface area (TPSA) is 95.7 Å². The van der Waals surface area contributed by atoms with Crippen LogP contribution in [-0.2, 0) is 19.1 Å². The third-order valence-corrected chi connectivity index (χ3v) is 3.28. The Morgan fingerprint density at radius 1 is 1.08 bits per heavy atom. The first-order valence-corrected chi connectivity index (χ1v) is 7.28. The lowest BCUT2D eigenvalue weighted by Crippen LogP contribution is -2.20. The van der Waals surface area contributed by atoms with E-state index in [9.17, 15) is 19.7 Å². The molecule has 0 heterocycles. The maximum atomic E-state index is 12.0. The lowest BCUT2D eigenvalue weighted by molar-refractivity contribution is -0.385. The number of nitro benzene ring substituents is 1. The predicted molar refractivity (Wildman–Crippen MR) is 89.4 cm³/mol. The molecule has 0 radical (unpaired) electrons. The van der Waals surface area contributed by atoms with Crippen LogP contribution < -0.4 is 0 Å². The Morgan fingerprint density at radius 2 is 1.72 bits per heavy atom. The summed E-state index contributed by atoms with van der Waals surface area (Å²) in [5.74, 6) is -1.55. The zero-order chi connectivity index (χ0) is 18.2. The Morgan fingerprint density at radius 3 is 2.36 bits per heavy atom. The summed E-state index contributed by atoms with van der Waals surface area (Å²) in [7, 11) is 1.19. The van der Waals surface area contributed by atoms with Crippen molar-refractivity contribution in [1.29, 1.82) is 0 Å². The first-order valence-electron chi connectivity index (χ1n) is 7.28. The van der Waals surface area contributed by atoms with Crippen LogP contribution in [-0.4, -0.2) is 24.0 Å². The molecule has 2 aromatic carbocycles. The van der Waals surface area contributed by atoms with Gasteiger partial charge in [0.05, 0.1) is 17.6 Å². The van der Waals surface area contributed by atoms with Crippen molar-refractivity contribution in [2.75, 3.05) is 7.11 Å². The standard InChI is InChI=1S/C18H15NO6/c1-24-18(21)17(14-8-3-2-4-9-14)25-16(20)12-11-13-7-5-6-10-15(13)19(22)23/h2-12,17H,1H3/b12-11+. The van der Waals surface area contributed by atoms with E-state index in [1.54, 1.807) is 36.4 Å². The molecule has 0 saturated heterocycles. The first-order chi connectivity index (χ1) is 12.0. The minimum Gasteiger partial charge on any atom is -0.466 e. The molecule has 25 heavy (non-hydrogen) atoms. The Labute approximate surface area is 143 Å². The average Bonchev–Trinajstić information content (AvgIpc) is 2.64. The quantitative estimate of drug-likeness (QED) is 0.347. The van der Waals surface area contributed by atoms with Crippen LogP contribution in [0.15, 0.2) is 60.7 Å². The van der Waals surface area contributed by atoms with Crippen LogP contribution in [0, 0.1) is 10.1 Å². The van der Waals surface area contributed by atoms with Gasteiger partial charge in [0.15, 0.2) is 0 Å². The van der Waals surface area contributed by atoms with Crippen molar-refractivity contribution in [3.8, 4) is 0 Å². The smallest absolute Gasteiger partial charge is 0.351 e. The molecule has 0 amide bonds. The van der Waals surface area contributed by atoms with Gasteiger partial charge in [-0.3, -0.25) is 10.1 Å². The molecule has 0 aromatic heterocycles. The molecule has 128 valence electrons. The number of para-hydroxylation sites is 1. The Kier molecular flexibility index (Phi) is 6.00. The second kappa shape index (κ2) is 8.39. The van der Waals surface area contributed by atoms with Gasteiger partial charge in [-0.25, -0.2) is 9.59 Å². The van der Waals surface area contributed by atoms with Crippen molar-refractivity contribution in [2.24, 2.45) is 0 Å². The Balaban J connectivity index is 2.17. The zero-order valence-corrected chi connectivity index (χ0v) is 13.3. The van der Waals surface area contributed by atoms with Crippen molar-refractivity contribution in [2.45, 2.75) is 6.10 Å². The molecule has 0 bridgehead atoms. The molecule has 7 nitrogen and oxygen atoms in total. The summed E-state index contributed by atoms with van der Waals surface area (Å²) in [4.78, 5) is 34.3. The molecule has 7 heteroatoms. The second-order valence-corrected chi connectivity index (χ2v) is 4.90. The van der Waals surface area contributed by atoms with E-state index in [1.807, 2.05) is 0 Å². The molecule has 0 fully saturated rings. The number of nitrogens with zero attached hydrogens (tertiary/aromatic N) is 1. The fraction of sp³-hybridized carbons (Fsp3) is 0.111. The Hall–Kier alpha value is -3.48. The number of nitro groups is 1. The highest BCUT2D eigenvalue weighted by molar-refractivity contribution is 5.90. The zero-order valence-electron chi connectivity index (χ0n) is 13.3. The molecular formula is C18H15NO6. The van der Waals surface area contributed by atoms with E-state index in [4.69, 9.17) is 4.74 Å². The third-order valence-electron chi connectivity index (χ3n) is 3.28. The van der Waals surface area contributed by atoms with Gasteiger partial charge in [0.1, 0.15) is 0 Å². The SMILES string of the molecule is COC(=O)C(OC(=O)/C=C/c1ccccc1[N+](=O)[O-])c1ccccc1. The third kappa shape index (κ3) is 4.74. The van der Waals surface area contributed by atoms with E-state index in [0.717, 1.165) is 6.08 Å².